The number of ether oxygens (including phenoxy) is 1. The van der Waals surface area contributed by atoms with Crippen molar-refractivity contribution in [2.75, 3.05) is 32.3 Å². The monoisotopic (exact) mass is 253 g/mol. The molecule has 0 spiro atoms. The lowest BCUT2D eigenvalue weighted by Gasteiger charge is -2.16. The van der Waals surface area contributed by atoms with Crippen molar-refractivity contribution in [1.29, 1.82) is 0 Å². The van der Waals surface area contributed by atoms with Gasteiger partial charge in [-0.3, -0.25) is 4.79 Å². The van der Waals surface area contributed by atoms with Gasteiger partial charge in [-0.1, -0.05) is 0 Å². The van der Waals surface area contributed by atoms with Crippen LogP contribution in [0.1, 0.15) is 12.8 Å². The zero-order valence-electron chi connectivity index (χ0n) is 9.60. The van der Waals surface area contributed by atoms with Gasteiger partial charge in [0.2, 0.25) is 5.91 Å². The van der Waals surface area contributed by atoms with Crippen molar-refractivity contribution in [3.05, 3.63) is 0 Å². The van der Waals surface area contributed by atoms with E-state index in [1.165, 1.54) is 7.11 Å². The van der Waals surface area contributed by atoms with Gasteiger partial charge in [-0.05, 0) is 6.42 Å². The molecule has 0 saturated carbocycles. The van der Waals surface area contributed by atoms with Gasteiger partial charge in [0.25, 0.3) is 0 Å². The molecular weight excluding hydrogens is 234 g/mol. The molecule has 0 heterocycles. The third kappa shape index (κ3) is 8.63. The van der Waals surface area contributed by atoms with Gasteiger partial charge < -0.3 is 15.2 Å². The van der Waals surface area contributed by atoms with Gasteiger partial charge >= 0.3 is 0 Å². The first-order valence-corrected chi connectivity index (χ1v) is 7.02. The lowest BCUT2D eigenvalue weighted by atomic mass is 10.2. The van der Waals surface area contributed by atoms with Gasteiger partial charge in [0, 0.05) is 26.4 Å². The van der Waals surface area contributed by atoms with Gasteiger partial charge in [-0.2, -0.15) is 0 Å². The smallest absolute Gasteiger partial charge is 0.221 e. The van der Waals surface area contributed by atoms with Crippen molar-refractivity contribution >= 4 is 15.7 Å². The Hall–Kier alpha value is -0.660. The van der Waals surface area contributed by atoms with E-state index in [0.29, 0.717) is 13.0 Å². The van der Waals surface area contributed by atoms with Gasteiger partial charge in [0.05, 0.1) is 18.4 Å². The first kappa shape index (κ1) is 15.3. The number of amides is 1. The number of rotatable bonds is 8. The molecule has 0 aromatic heterocycles. The number of carbonyl (C=O) groups is 1. The molecule has 7 heteroatoms. The van der Waals surface area contributed by atoms with Crippen LogP contribution in [0.3, 0.4) is 0 Å². The van der Waals surface area contributed by atoms with Crippen LogP contribution >= 0.6 is 0 Å². The molecule has 0 radical (unpaired) electrons. The van der Waals surface area contributed by atoms with Crippen LogP contribution in [0.4, 0.5) is 0 Å². The molecule has 16 heavy (non-hydrogen) atoms. The van der Waals surface area contributed by atoms with E-state index in [1.807, 2.05) is 0 Å². The van der Waals surface area contributed by atoms with Crippen molar-refractivity contribution < 1.29 is 23.1 Å². The first-order valence-electron chi connectivity index (χ1n) is 4.96. The van der Waals surface area contributed by atoms with Crippen LogP contribution in [0.2, 0.25) is 0 Å². The minimum Gasteiger partial charge on any atom is -0.396 e. The normalized spacial score (nSPS) is 13.4. The SMILES string of the molecule is COCC(CCO)NC(=O)CCS(C)(=O)=O. The van der Waals surface area contributed by atoms with E-state index >= 15 is 0 Å². The molecule has 0 bridgehead atoms. The third-order valence-corrected chi connectivity index (χ3v) is 2.86. The van der Waals surface area contributed by atoms with E-state index in [1.54, 1.807) is 0 Å². The fourth-order valence-corrected chi connectivity index (χ4v) is 1.69. The molecule has 0 aliphatic rings. The molecule has 0 aromatic rings. The topological polar surface area (TPSA) is 92.7 Å². The molecule has 0 fully saturated rings. The zero-order chi connectivity index (χ0) is 12.6. The molecule has 0 aliphatic heterocycles. The van der Waals surface area contributed by atoms with E-state index < -0.39 is 9.84 Å². The van der Waals surface area contributed by atoms with Gasteiger partial charge in [-0.15, -0.1) is 0 Å². The Morgan fingerprint density at radius 1 is 1.50 bits per heavy atom. The van der Waals surface area contributed by atoms with Crippen LogP contribution in [0.5, 0.6) is 0 Å². The van der Waals surface area contributed by atoms with Crippen LogP contribution in [0.25, 0.3) is 0 Å². The van der Waals surface area contributed by atoms with Crippen molar-refractivity contribution in [3.8, 4) is 0 Å². The second-order valence-corrected chi connectivity index (χ2v) is 5.87. The summed E-state index contributed by atoms with van der Waals surface area (Å²) >= 11 is 0. The fraction of sp³-hybridized carbons (Fsp3) is 0.889. The summed E-state index contributed by atoms with van der Waals surface area (Å²) in [5, 5.41) is 11.3. The van der Waals surface area contributed by atoms with Crippen molar-refractivity contribution in [1.82, 2.24) is 5.32 Å². The van der Waals surface area contributed by atoms with Crippen LogP contribution in [0, 0.1) is 0 Å². The predicted molar refractivity (Wildman–Crippen MR) is 59.8 cm³/mol. The number of methoxy groups -OCH3 is 1. The Morgan fingerprint density at radius 2 is 2.12 bits per heavy atom. The van der Waals surface area contributed by atoms with Crippen LogP contribution in [0.15, 0.2) is 0 Å². The Kier molecular flexibility index (Phi) is 7.27. The summed E-state index contributed by atoms with van der Waals surface area (Å²) in [5.74, 6) is -0.515. The highest BCUT2D eigenvalue weighted by atomic mass is 32.2. The van der Waals surface area contributed by atoms with Crippen molar-refractivity contribution in [2.45, 2.75) is 18.9 Å². The average Bonchev–Trinajstić information content (AvgIpc) is 2.14. The van der Waals surface area contributed by atoms with E-state index in [-0.39, 0.29) is 30.7 Å². The number of aliphatic hydroxyl groups is 1. The van der Waals surface area contributed by atoms with E-state index in [4.69, 9.17) is 9.84 Å². The average molecular weight is 253 g/mol. The number of hydrogen-bond donors (Lipinski definition) is 2. The minimum atomic E-state index is -3.12. The molecule has 0 aliphatic carbocycles. The molecule has 1 unspecified atom stereocenters. The Bertz CT molecular complexity index is 295. The summed E-state index contributed by atoms with van der Waals surface area (Å²) in [6.45, 7) is 0.242. The number of sulfone groups is 1. The summed E-state index contributed by atoms with van der Waals surface area (Å²) in [6.07, 6.45) is 1.41. The minimum absolute atomic E-state index is 0.0552. The molecule has 0 rings (SSSR count). The highest BCUT2D eigenvalue weighted by Gasteiger charge is 2.13. The molecule has 96 valence electrons. The van der Waals surface area contributed by atoms with Crippen molar-refractivity contribution in [2.24, 2.45) is 0 Å². The first-order chi connectivity index (χ1) is 7.39. The second-order valence-electron chi connectivity index (χ2n) is 3.61. The summed E-state index contributed by atoms with van der Waals surface area (Å²) in [4.78, 5) is 11.3. The fourth-order valence-electron chi connectivity index (χ4n) is 1.13. The molecule has 1 amide bonds. The summed E-state index contributed by atoms with van der Waals surface area (Å²) in [7, 11) is -1.63. The summed E-state index contributed by atoms with van der Waals surface area (Å²) in [5.41, 5.74) is 0. The number of hydrogen-bond acceptors (Lipinski definition) is 5. The van der Waals surface area contributed by atoms with Crippen LogP contribution in [-0.4, -0.2) is 57.8 Å². The van der Waals surface area contributed by atoms with E-state index in [0.717, 1.165) is 6.26 Å². The Labute approximate surface area is 95.9 Å². The molecule has 0 saturated heterocycles. The Balaban J connectivity index is 3.99. The third-order valence-electron chi connectivity index (χ3n) is 1.91. The molecule has 6 nitrogen and oxygen atoms in total. The quantitative estimate of drug-likeness (QED) is 0.575. The maximum absolute atomic E-state index is 11.3. The lowest BCUT2D eigenvalue weighted by Crippen LogP contribution is -2.39. The lowest BCUT2D eigenvalue weighted by molar-refractivity contribution is -0.121. The summed E-state index contributed by atoms with van der Waals surface area (Å²) < 4.78 is 26.5. The van der Waals surface area contributed by atoms with Gasteiger partial charge in [-0.25, -0.2) is 8.42 Å². The molecular formula is C9H19NO5S. The standard InChI is InChI=1S/C9H19NO5S/c1-15-7-8(3-5-11)10-9(12)4-6-16(2,13)14/h8,11H,3-7H2,1-2H3,(H,10,12). The number of carbonyl (C=O) groups excluding carboxylic acids is 1. The predicted octanol–water partition coefficient (Wildman–Crippen LogP) is -1.07. The van der Waals surface area contributed by atoms with Crippen LogP contribution in [-0.2, 0) is 19.4 Å². The largest absolute Gasteiger partial charge is 0.396 e. The van der Waals surface area contributed by atoms with Gasteiger partial charge in [0.1, 0.15) is 9.84 Å². The molecule has 0 aromatic carbocycles. The maximum atomic E-state index is 11.3. The zero-order valence-corrected chi connectivity index (χ0v) is 10.4. The molecule has 1 atom stereocenters. The van der Waals surface area contributed by atoms with E-state index in [2.05, 4.69) is 5.32 Å². The number of aliphatic hydroxyl groups excluding tert-OH is 1. The number of nitrogens with one attached hydrogen (secondary N) is 1. The second kappa shape index (κ2) is 7.59. The molecule has 2 N–H and O–H groups in total. The van der Waals surface area contributed by atoms with E-state index in [9.17, 15) is 13.2 Å². The van der Waals surface area contributed by atoms with Crippen molar-refractivity contribution in [3.63, 3.8) is 0 Å². The maximum Gasteiger partial charge on any atom is 0.221 e. The highest BCUT2D eigenvalue weighted by molar-refractivity contribution is 7.90. The van der Waals surface area contributed by atoms with Gasteiger partial charge in [0.15, 0.2) is 0 Å². The highest BCUT2D eigenvalue weighted by Crippen LogP contribution is 1.95. The summed E-state index contributed by atoms with van der Waals surface area (Å²) in [6, 6.07) is -0.276. The Morgan fingerprint density at radius 3 is 2.56 bits per heavy atom. The van der Waals surface area contributed by atoms with Crippen LogP contribution < -0.4 is 5.32 Å².